The van der Waals surface area contributed by atoms with Crippen LogP contribution in [0.5, 0.6) is 0 Å². The van der Waals surface area contributed by atoms with Crippen molar-refractivity contribution in [3.8, 4) is 0 Å². The van der Waals surface area contributed by atoms with Crippen LogP contribution in [0.3, 0.4) is 0 Å². The Balaban J connectivity index is 3.57. The second kappa shape index (κ2) is 7.58. The van der Waals surface area contributed by atoms with Crippen molar-refractivity contribution < 1.29 is 9.59 Å². The topological polar surface area (TPSA) is 61.4 Å². The van der Waals surface area contributed by atoms with Crippen LogP contribution in [0.25, 0.3) is 0 Å². The summed E-state index contributed by atoms with van der Waals surface area (Å²) in [7, 11) is 3.78. The fourth-order valence-electron chi connectivity index (χ4n) is 0.714. The van der Waals surface area contributed by atoms with Crippen molar-refractivity contribution in [2.45, 2.75) is 0 Å². The molecule has 0 atom stereocenters. The first-order valence-corrected chi connectivity index (χ1v) is 4.88. The summed E-state index contributed by atoms with van der Waals surface area (Å²) in [5.41, 5.74) is 0. The maximum atomic E-state index is 11.0. The lowest BCUT2D eigenvalue weighted by Crippen LogP contribution is -2.42. The van der Waals surface area contributed by atoms with Gasteiger partial charge in [-0.1, -0.05) is 0 Å². The SMILES string of the molecule is CN(C)CCNC(=O)C(=O)NCCCl. The fraction of sp³-hybridized carbons (Fsp3) is 0.750. The molecule has 0 aromatic heterocycles. The van der Waals surface area contributed by atoms with E-state index in [2.05, 4.69) is 10.6 Å². The number of halogens is 1. The van der Waals surface area contributed by atoms with Gasteiger partial charge in [0.2, 0.25) is 0 Å². The van der Waals surface area contributed by atoms with Crippen molar-refractivity contribution in [3.63, 3.8) is 0 Å². The van der Waals surface area contributed by atoms with Gasteiger partial charge in [-0.15, -0.1) is 11.6 Å². The molecule has 5 nitrogen and oxygen atoms in total. The summed E-state index contributed by atoms with van der Waals surface area (Å²) in [5, 5.41) is 4.86. The number of nitrogens with one attached hydrogen (secondary N) is 2. The largest absolute Gasteiger partial charge is 0.347 e. The van der Waals surface area contributed by atoms with Gasteiger partial charge in [0, 0.05) is 25.5 Å². The predicted octanol–water partition coefficient (Wildman–Crippen LogP) is -0.981. The molecular weight excluding hydrogens is 206 g/mol. The Bertz CT molecular complexity index is 197. The van der Waals surface area contributed by atoms with E-state index in [-0.39, 0.29) is 0 Å². The third-order valence-electron chi connectivity index (χ3n) is 1.43. The van der Waals surface area contributed by atoms with Crippen LogP contribution < -0.4 is 10.6 Å². The van der Waals surface area contributed by atoms with Crippen molar-refractivity contribution in [1.82, 2.24) is 15.5 Å². The lowest BCUT2D eigenvalue weighted by atomic mass is 10.5. The van der Waals surface area contributed by atoms with Crippen LogP contribution in [-0.2, 0) is 9.59 Å². The summed E-state index contributed by atoms with van der Waals surface area (Å²) in [6.45, 7) is 1.47. The van der Waals surface area contributed by atoms with Crippen molar-refractivity contribution in [3.05, 3.63) is 0 Å². The van der Waals surface area contributed by atoms with Gasteiger partial charge < -0.3 is 15.5 Å². The molecule has 82 valence electrons. The Kier molecular flexibility index (Phi) is 7.14. The van der Waals surface area contributed by atoms with Crippen LogP contribution in [0.15, 0.2) is 0 Å². The Morgan fingerprint density at radius 2 is 1.64 bits per heavy atom. The summed E-state index contributed by atoms with van der Waals surface area (Å²) >= 11 is 5.34. The molecule has 0 radical (unpaired) electrons. The first-order valence-electron chi connectivity index (χ1n) is 4.34. The normalized spacial score (nSPS) is 10.0. The zero-order chi connectivity index (χ0) is 11.0. The van der Waals surface area contributed by atoms with Gasteiger partial charge in [0.05, 0.1) is 0 Å². The molecule has 0 saturated carbocycles. The highest BCUT2D eigenvalue weighted by atomic mass is 35.5. The van der Waals surface area contributed by atoms with Crippen molar-refractivity contribution in [2.24, 2.45) is 0 Å². The Hall–Kier alpha value is -0.810. The van der Waals surface area contributed by atoms with Crippen molar-refractivity contribution in [2.75, 3.05) is 39.6 Å². The third kappa shape index (κ3) is 6.68. The van der Waals surface area contributed by atoms with Crippen LogP contribution in [0.4, 0.5) is 0 Å². The molecule has 2 amide bonds. The van der Waals surface area contributed by atoms with Gasteiger partial charge in [-0.05, 0) is 14.1 Å². The molecule has 6 heteroatoms. The summed E-state index contributed by atoms with van der Waals surface area (Å²) in [6.07, 6.45) is 0. The molecule has 0 aliphatic rings. The number of carbonyl (C=O) groups excluding carboxylic acids is 2. The standard InChI is InChI=1S/C8H16ClN3O2/c1-12(2)6-5-11-8(14)7(13)10-4-3-9/h3-6H2,1-2H3,(H,10,13)(H,11,14). The van der Waals surface area contributed by atoms with E-state index in [0.29, 0.717) is 25.5 Å². The minimum atomic E-state index is -0.635. The number of carbonyl (C=O) groups is 2. The van der Waals surface area contributed by atoms with Crippen LogP contribution in [0.2, 0.25) is 0 Å². The van der Waals surface area contributed by atoms with Gasteiger partial charge in [-0.2, -0.15) is 0 Å². The first-order chi connectivity index (χ1) is 6.57. The van der Waals surface area contributed by atoms with Gasteiger partial charge in [0.1, 0.15) is 0 Å². The summed E-state index contributed by atoms with van der Waals surface area (Å²) in [4.78, 5) is 23.9. The van der Waals surface area contributed by atoms with E-state index in [9.17, 15) is 9.59 Å². The van der Waals surface area contributed by atoms with E-state index in [1.807, 2.05) is 19.0 Å². The minimum absolute atomic E-state index is 0.302. The van der Waals surface area contributed by atoms with E-state index in [4.69, 9.17) is 11.6 Å². The number of amides is 2. The predicted molar refractivity (Wildman–Crippen MR) is 55.3 cm³/mol. The minimum Gasteiger partial charge on any atom is -0.347 e. The monoisotopic (exact) mass is 221 g/mol. The highest BCUT2D eigenvalue weighted by molar-refractivity contribution is 6.35. The van der Waals surface area contributed by atoms with E-state index in [1.54, 1.807) is 0 Å². The zero-order valence-corrected chi connectivity index (χ0v) is 9.23. The van der Waals surface area contributed by atoms with Crippen LogP contribution in [0.1, 0.15) is 0 Å². The molecule has 14 heavy (non-hydrogen) atoms. The molecule has 0 spiro atoms. The van der Waals surface area contributed by atoms with Crippen LogP contribution in [0, 0.1) is 0 Å². The molecule has 0 aliphatic heterocycles. The second-order valence-corrected chi connectivity index (χ2v) is 3.38. The molecular formula is C8H16ClN3O2. The number of nitrogens with zero attached hydrogens (tertiary/aromatic N) is 1. The number of alkyl halides is 1. The van der Waals surface area contributed by atoms with E-state index in [1.165, 1.54) is 0 Å². The zero-order valence-electron chi connectivity index (χ0n) is 8.47. The van der Waals surface area contributed by atoms with E-state index >= 15 is 0 Å². The lowest BCUT2D eigenvalue weighted by Gasteiger charge is -2.09. The molecule has 0 aromatic rings. The van der Waals surface area contributed by atoms with Gasteiger partial charge >= 0.3 is 11.8 Å². The number of rotatable bonds is 5. The molecule has 0 heterocycles. The average Bonchev–Trinajstić information content (AvgIpc) is 2.13. The molecule has 0 saturated heterocycles. The average molecular weight is 222 g/mol. The number of hydrogen-bond acceptors (Lipinski definition) is 3. The Morgan fingerprint density at radius 3 is 2.07 bits per heavy atom. The summed E-state index contributed by atoms with van der Waals surface area (Å²) in [5.74, 6) is -0.946. The van der Waals surface area contributed by atoms with Crippen molar-refractivity contribution in [1.29, 1.82) is 0 Å². The van der Waals surface area contributed by atoms with Crippen LogP contribution >= 0.6 is 11.6 Å². The third-order valence-corrected chi connectivity index (χ3v) is 1.62. The number of likely N-dealkylation sites (N-methyl/N-ethyl adjacent to an activating group) is 1. The van der Waals surface area contributed by atoms with Gasteiger partial charge in [0.15, 0.2) is 0 Å². The highest BCUT2D eigenvalue weighted by Crippen LogP contribution is 1.74. The maximum Gasteiger partial charge on any atom is 0.309 e. The Labute approximate surface area is 88.8 Å². The Morgan fingerprint density at radius 1 is 1.14 bits per heavy atom. The number of hydrogen-bond donors (Lipinski definition) is 2. The van der Waals surface area contributed by atoms with Crippen LogP contribution in [-0.4, -0.2) is 56.3 Å². The first kappa shape index (κ1) is 13.2. The summed E-state index contributed by atoms with van der Waals surface area (Å²) < 4.78 is 0. The fourth-order valence-corrected chi connectivity index (χ4v) is 0.809. The molecule has 0 aromatic carbocycles. The maximum absolute atomic E-state index is 11.0. The summed E-state index contributed by atoms with van der Waals surface area (Å²) in [6, 6.07) is 0. The molecule has 0 fully saturated rings. The van der Waals surface area contributed by atoms with Gasteiger partial charge in [-0.25, -0.2) is 0 Å². The smallest absolute Gasteiger partial charge is 0.309 e. The molecule has 0 aliphatic carbocycles. The second-order valence-electron chi connectivity index (χ2n) is 3.00. The lowest BCUT2D eigenvalue weighted by molar-refractivity contribution is -0.139. The molecule has 0 bridgehead atoms. The van der Waals surface area contributed by atoms with Gasteiger partial charge in [0.25, 0.3) is 0 Å². The molecule has 0 unspecified atom stereocenters. The van der Waals surface area contributed by atoms with E-state index < -0.39 is 11.8 Å². The molecule has 2 N–H and O–H groups in total. The van der Waals surface area contributed by atoms with Gasteiger partial charge in [-0.3, -0.25) is 9.59 Å². The van der Waals surface area contributed by atoms with Crippen molar-refractivity contribution >= 4 is 23.4 Å². The quantitative estimate of drug-likeness (QED) is 0.464. The highest BCUT2D eigenvalue weighted by Gasteiger charge is 2.11. The van der Waals surface area contributed by atoms with E-state index in [0.717, 1.165) is 0 Å². The molecule has 0 rings (SSSR count).